The van der Waals surface area contributed by atoms with Gasteiger partial charge in [0.2, 0.25) is 0 Å². The Labute approximate surface area is 140 Å². The molecule has 0 saturated carbocycles. The molecule has 1 aromatic heterocycles. The first-order valence-corrected chi connectivity index (χ1v) is 8.75. The van der Waals surface area contributed by atoms with Crippen LogP contribution in [0.25, 0.3) is 0 Å². The van der Waals surface area contributed by atoms with Gasteiger partial charge in [-0.25, -0.2) is 9.78 Å². The molecule has 1 heterocycles. The number of carbonyl (C=O) groups excluding carboxylic acids is 1. The summed E-state index contributed by atoms with van der Waals surface area (Å²) in [6.45, 7) is 4.89. The van der Waals surface area contributed by atoms with E-state index in [1.807, 2.05) is 0 Å². The van der Waals surface area contributed by atoms with Crippen LogP contribution in [0.4, 0.5) is 9.80 Å². The molecule has 0 atom stereocenters. The van der Waals surface area contributed by atoms with E-state index in [1.165, 1.54) is 6.20 Å². The Morgan fingerprint density at radius 1 is 1.30 bits per heavy atom. The van der Waals surface area contributed by atoms with E-state index in [2.05, 4.69) is 24.1 Å². The van der Waals surface area contributed by atoms with Gasteiger partial charge >= 0.3 is 6.09 Å². The van der Waals surface area contributed by atoms with Crippen molar-refractivity contribution in [3.8, 4) is 5.19 Å². The number of aliphatic hydroxyl groups excluding tert-OH is 1. The minimum Gasteiger partial charge on any atom is -0.470 e. The predicted molar refractivity (Wildman–Crippen MR) is 88.7 cm³/mol. The van der Waals surface area contributed by atoms with Crippen molar-refractivity contribution in [2.45, 2.75) is 52.2 Å². The van der Waals surface area contributed by atoms with Gasteiger partial charge in [0.25, 0.3) is 5.19 Å². The molecule has 1 amide bonds. The number of anilines is 1. The van der Waals surface area contributed by atoms with Crippen LogP contribution < -0.4 is 10.1 Å². The molecule has 132 valence electrons. The van der Waals surface area contributed by atoms with Crippen LogP contribution in [0.3, 0.4) is 0 Å². The molecule has 0 radical (unpaired) electrons. The van der Waals surface area contributed by atoms with Crippen molar-refractivity contribution >= 4 is 22.4 Å². The minimum atomic E-state index is -1.40. The fraction of sp³-hybridized carbons (Fsp3) is 0.733. The second kappa shape index (κ2) is 11.2. The van der Waals surface area contributed by atoms with E-state index < -0.39 is 12.4 Å². The Morgan fingerprint density at radius 2 is 2.04 bits per heavy atom. The molecule has 1 rings (SSSR count). The summed E-state index contributed by atoms with van der Waals surface area (Å²) in [7, 11) is 0. The van der Waals surface area contributed by atoms with E-state index in [4.69, 9.17) is 19.7 Å². The van der Waals surface area contributed by atoms with E-state index in [9.17, 15) is 4.79 Å². The molecule has 0 unspecified atom stereocenters. The van der Waals surface area contributed by atoms with Gasteiger partial charge in [0.05, 0.1) is 19.4 Å². The first-order valence-electron chi connectivity index (χ1n) is 7.93. The highest BCUT2D eigenvalue weighted by molar-refractivity contribution is 7.17. The highest BCUT2D eigenvalue weighted by atomic mass is 32.1. The zero-order chi connectivity index (χ0) is 17.1. The monoisotopic (exact) mass is 346 g/mol. The number of thiazole rings is 1. The SMILES string of the molecule is CCC(CC)CCCOC(=O)Nc1cnc(OCCC(O)O)s1. The Bertz CT molecular complexity index is 449. The van der Waals surface area contributed by atoms with Gasteiger partial charge in [-0.3, -0.25) is 5.32 Å². The third-order valence-electron chi connectivity index (χ3n) is 3.46. The summed E-state index contributed by atoms with van der Waals surface area (Å²) in [5.74, 6) is 0.695. The fourth-order valence-electron chi connectivity index (χ4n) is 2.00. The summed E-state index contributed by atoms with van der Waals surface area (Å²) in [5.41, 5.74) is 0. The number of carbonyl (C=O) groups is 1. The molecule has 0 aliphatic heterocycles. The lowest BCUT2D eigenvalue weighted by Crippen LogP contribution is -2.14. The quantitative estimate of drug-likeness (QED) is 0.421. The molecule has 1 aromatic rings. The van der Waals surface area contributed by atoms with Crippen molar-refractivity contribution in [2.24, 2.45) is 5.92 Å². The number of rotatable bonds is 11. The highest BCUT2D eigenvalue weighted by Gasteiger charge is 2.09. The molecular weight excluding hydrogens is 320 g/mol. The van der Waals surface area contributed by atoms with E-state index in [0.29, 0.717) is 22.7 Å². The van der Waals surface area contributed by atoms with E-state index in [1.54, 1.807) is 0 Å². The Balaban J connectivity index is 2.20. The molecule has 3 N–H and O–H groups in total. The second-order valence-corrected chi connectivity index (χ2v) is 6.19. The number of ether oxygens (including phenoxy) is 2. The fourth-order valence-corrected chi connectivity index (χ4v) is 2.68. The maximum atomic E-state index is 11.6. The summed E-state index contributed by atoms with van der Waals surface area (Å²) in [6.07, 6.45) is 3.90. The number of aromatic nitrogens is 1. The van der Waals surface area contributed by atoms with Gasteiger partial charge in [0.15, 0.2) is 6.29 Å². The van der Waals surface area contributed by atoms with Gasteiger partial charge in [-0.2, -0.15) is 0 Å². The number of hydrogen-bond acceptors (Lipinski definition) is 7. The van der Waals surface area contributed by atoms with Crippen LogP contribution in [0, 0.1) is 5.92 Å². The van der Waals surface area contributed by atoms with Crippen LogP contribution in [-0.2, 0) is 4.74 Å². The zero-order valence-corrected chi connectivity index (χ0v) is 14.5. The highest BCUT2D eigenvalue weighted by Crippen LogP contribution is 2.25. The maximum Gasteiger partial charge on any atom is 0.412 e. The lowest BCUT2D eigenvalue weighted by atomic mass is 9.98. The Hall–Kier alpha value is -1.38. The first kappa shape index (κ1) is 19.7. The molecule has 0 fully saturated rings. The minimum absolute atomic E-state index is 0.0981. The van der Waals surface area contributed by atoms with Crippen LogP contribution in [0.2, 0.25) is 0 Å². The van der Waals surface area contributed by atoms with Crippen LogP contribution >= 0.6 is 11.3 Å². The maximum absolute atomic E-state index is 11.6. The summed E-state index contributed by atoms with van der Waals surface area (Å²) >= 11 is 1.16. The van der Waals surface area contributed by atoms with Crippen molar-refractivity contribution in [1.82, 2.24) is 4.98 Å². The van der Waals surface area contributed by atoms with E-state index in [-0.39, 0.29) is 13.0 Å². The van der Waals surface area contributed by atoms with Gasteiger partial charge < -0.3 is 19.7 Å². The molecular formula is C15H26N2O5S. The Kier molecular flexibility index (Phi) is 9.58. The zero-order valence-electron chi connectivity index (χ0n) is 13.7. The number of amides is 1. The van der Waals surface area contributed by atoms with Gasteiger partial charge in [-0.05, 0) is 18.8 Å². The molecule has 0 aliphatic carbocycles. The summed E-state index contributed by atoms with van der Waals surface area (Å²) in [4.78, 5) is 15.6. The lowest BCUT2D eigenvalue weighted by molar-refractivity contribution is -0.0519. The van der Waals surface area contributed by atoms with E-state index >= 15 is 0 Å². The standard InChI is InChI=1S/C15H26N2O5S/c1-3-11(4-2)6-5-8-21-14(20)17-12-10-16-15(23-12)22-9-7-13(18)19/h10-11,13,18-19H,3-9H2,1-2H3,(H,17,20). The van der Waals surface area contributed by atoms with Gasteiger partial charge in [-0.15, -0.1) is 0 Å². The normalized spacial score (nSPS) is 11.0. The molecule has 0 aromatic carbocycles. The smallest absolute Gasteiger partial charge is 0.412 e. The molecule has 0 bridgehead atoms. The molecule has 0 saturated heterocycles. The number of aliphatic hydroxyl groups is 2. The molecule has 8 heteroatoms. The van der Waals surface area contributed by atoms with Gasteiger partial charge in [-0.1, -0.05) is 38.0 Å². The van der Waals surface area contributed by atoms with Crippen LogP contribution in [-0.4, -0.2) is 40.8 Å². The average molecular weight is 346 g/mol. The average Bonchev–Trinajstić information content (AvgIpc) is 2.94. The van der Waals surface area contributed by atoms with E-state index in [0.717, 1.165) is 37.0 Å². The number of nitrogens with zero attached hydrogens (tertiary/aromatic N) is 1. The van der Waals surface area contributed by atoms with Crippen LogP contribution in [0.15, 0.2) is 6.20 Å². The number of nitrogens with one attached hydrogen (secondary N) is 1. The van der Waals surface area contributed by atoms with Crippen LogP contribution in [0.5, 0.6) is 5.19 Å². The summed E-state index contributed by atoms with van der Waals surface area (Å²) in [6, 6.07) is 0. The van der Waals surface area contributed by atoms with Crippen molar-refractivity contribution < 1.29 is 24.5 Å². The summed E-state index contributed by atoms with van der Waals surface area (Å²) < 4.78 is 10.4. The van der Waals surface area contributed by atoms with Crippen LogP contribution in [0.1, 0.15) is 46.0 Å². The predicted octanol–water partition coefficient (Wildman–Crippen LogP) is 2.99. The topological polar surface area (TPSA) is 101 Å². The van der Waals surface area contributed by atoms with Crippen molar-refractivity contribution in [3.05, 3.63) is 6.20 Å². The van der Waals surface area contributed by atoms with Gasteiger partial charge in [0, 0.05) is 6.42 Å². The second-order valence-electron chi connectivity index (χ2n) is 5.19. The number of hydrogen-bond donors (Lipinski definition) is 3. The largest absolute Gasteiger partial charge is 0.470 e. The third-order valence-corrected chi connectivity index (χ3v) is 4.28. The van der Waals surface area contributed by atoms with Crippen molar-refractivity contribution in [2.75, 3.05) is 18.5 Å². The van der Waals surface area contributed by atoms with Gasteiger partial charge in [0.1, 0.15) is 5.00 Å². The molecule has 0 spiro atoms. The Morgan fingerprint density at radius 3 is 2.70 bits per heavy atom. The molecule has 0 aliphatic rings. The summed E-state index contributed by atoms with van der Waals surface area (Å²) in [5, 5.41) is 20.9. The lowest BCUT2D eigenvalue weighted by Gasteiger charge is -2.11. The van der Waals surface area contributed by atoms with Crippen molar-refractivity contribution in [1.29, 1.82) is 0 Å². The molecule has 7 nitrogen and oxygen atoms in total. The third kappa shape index (κ3) is 8.73. The first-order chi connectivity index (χ1) is 11.0. The van der Waals surface area contributed by atoms with Crippen molar-refractivity contribution in [3.63, 3.8) is 0 Å². The molecule has 23 heavy (non-hydrogen) atoms.